The zero-order chi connectivity index (χ0) is 11.9. The first-order chi connectivity index (χ1) is 8.92. The van der Waals surface area contributed by atoms with E-state index in [2.05, 4.69) is 44.6 Å². The fourth-order valence-corrected chi connectivity index (χ4v) is 3.10. The molecule has 4 aromatic rings. The van der Waals surface area contributed by atoms with Gasteiger partial charge in [0.1, 0.15) is 11.2 Å². The third kappa shape index (κ3) is 1.36. The number of thiophene rings is 1. The number of hydrogen-bond acceptors (Lipinski definition) is 3. The Labute approximate surface area is 107 Å². The lowest BCUT2D eigenvalue weighted by Crippen LogP contribution is -1.79. The minimum Gasteiger partial charge on any atom is -0.361 e. The highest BCUT2D eigenvalue weighted by Crippen LogP contribution is 2.33. The number of fused-ring (bicyclic) bond motifs is 2. The molecule has 0 bridgehead atoms. The predicted octanol–water partition coefficient (Wildman–Crippen LogP) is 3.84. The Bertz CT molecular complexity index is 844. The molecule has 0 unspecified atom stereocenters. The van der Waals surface area contributed by atoms with Crippen molar-refractivity contribution in [3.8, 4) is 11.1 Å². The number of aromatic nitrogens is 3. The number of H-pyrrole nitrogens is 1. The van der Waals surface area contributed by atoms with E-state index in [0.717, 1.165) is 15.7 Å². The molecule has 3 aromatic heterocycles. The highest BCUT2D eigenvalue weighted by Gasteiger charge is 2.08. The fourth-order valence-electron chi connectivity index (χ4n) is 2.21. The molecule has 0 spiro atoms. The summed E-state index contributed by atoms with van der Waals surface area (Å²) in [6.45, 7) is 0. The van der Waals surface area contributed by atoms with E-state index in [9.17, 15) is 0 Å². The number of nitrogens with zero attached hydrogens (tertiary/aromatic N) is 2. The minimum absolute atomic E-state index is 1.03. The fraction of sp³-hybridized carbons (Fsp3) is 0. The number of rotatable bonds is 1. The summed E-state index contributed by atoms with van der Waals surface area (Å²) in [4.78, 5) is 12.7. The van der Waals surface area contributed by atoms with Crippen molar-refractivity contribution in [2.45, 2.75) is 0 Å². The minimum atomic E-state index is 1.03. The Morgan fingerprint density at radius 2 is 2.17 bits per heavy atom. The van der Waals surface area contributed by atoms with Crippen molar-refractivity contribution in [2.75, 3.05) is 0 Å². The molecule has 4 rings (SSSR count). The molecule has 0 atom stereocenters. The van der Waals surface area contributed by atoms with E-state index in [1.165, 1.54) is 16.5 Å². The Morgan fingerprint density at radius 1 is 1.17 bits per heavy atom. The molecule has 18 heavy (non-hydrogen) atoms. The van der Waals surface area contributed by atoms with Crippen LogP contribution in [0.5, 0.6) is 0 Å². The molecule has 0 aliphatic carbocycles. The Hall–Kier alpha value is -2.20. The molecule has 3 nitrogen and oxygen atoms in total. The van der Waals surface area contributed by atoms with E-state index >= 15 is 0 Å². The van der Waals surface area contributed by atoms with E-state index in [-0.39, 0.29) is 0 Å². The number of benzene rings is 1. The largest absolute Gasteiger partial charge is 0.361 e. The molecule has 0 saturated heterocycles. The summed E-state index contributed by atoms with van der Waals surface area (Å²) in [6.07, 6.45) is 5.44. The second kappa shape index (κ2) is 3.65. The van der Waals surface area contributed by atoms with Crippen LogP contribution in [0, 0.1) is 0 Å². The topological polar surface area (TPSA) is 41.6 Å². The highest BCUT2D eigenvalue weighted by molar-refractivity contribution is 7.17. The summed E-state index contributed by atoms with van der Waals surface area (Å²) >= 11 is 1.65. The van der Waals surface area contributed by atoms with E-state index in [4.69, 9.17) is 0 Å². The van der Waals surface area contributed by atoms with E-state index in [1.807, 2.05) is 12.4 Å². The number of hydrogen-bond donors (Lipinski definition) is 1. The molecule has 1 aromatic carbocycles. The van der Waals surface area contributed by atoms with E-state index in [1.54, 1.807) is 17.7 Å². The van der Waals surface area contributed by atoms with Gasteiger partial charge >= 0.3 is 0 Å². The normalized spacial score (nSPS) is 11.3. The zero-order valence-corrected chi connectivity index (χ0v) is 10.2. The molecule has 86 valence electrons. The highest BCUT2D eigenvalue weighted by atomic mass is 32.1. The molecule has 0 fully saturated rings. The molecule has 3 heterocycles. The third-order valence-corrected chi connectivity index (χ3v) is 4.02. The SMILES string of the molecule is c1ncc2c(-c3ccc4cc[nH]c4c3)csc2n1. The lowest BCUT2D eigenvalue weighted by molar-refractivity contribution is 1.23. The van der Waals surface area contributed by atoms with Crippen LogP contribution in [-0.2, 0) is 0 Å². The molecule has 0 amide bonds. The van der Waals surface area contributed by atoms with Crippen molar-refractivity contribution in [1.29, 1.82) is 0 Å². The molecular weight excluding hydrogens is 242 g/mol. The summed E-state index contributed by atoms with van der Waals surface area (Å²) in [5.41, 5.74) is 3.56. The van der Waals surface area contributed by atoms with Crippen molar-refractivity contribution in [3.63, 3.8) is 0 Å². The lowest BCUT2D eigenvalue weighted by Gasteiger charge is -2.00. The quantitative estimate of drug-likeness (QED) is 0.558. The third-order valence-electron chi connectivity index (χ3n) is 3.12. The van der Waals surface area contributed by atoms with Gasteiger partial charge in [-0.3, -0.25) is 0 Å². The van der Waals surface area contributed by atoms with Gasteiger partial charge in [0, 0.05) is 34.2 Å². The molecule has 4 heteroatoms. The number of nitrogens with one attached hydrogen (secondary N) is 1. The summed E-state index contributed by atoms with van der Waals surface area (Å²) in [5, 5.41) is 4.49. The Kier molecular flexibility index (Phi) is 1.98. The maximum Gasteiger partial charge on any atom is 0.127 e. The van der Waals surface area contributed by atoms with Crippen LogP contribution in [0.4, 0.5) is 0 Å². The van der Waals surface area contributed by atoms with Gasteiger partial charge in [-0.1, -0.05) is 12.1 Å². The van der Waals surface area contributed by atoms with Crippen LogP contribution < -0.4 is 0 Å². The van der Waals surface area contributed by atoms with Crippen LogP contribution in [0.2, 0.25) is 0 Å². The standard InChI is InChI=1S/C14H9N3S/c1-2-10(5-13-9(1)3-4-16-13)12-7-18-14-11(12)6-15-8-17-14/h1-8,16H. The van der Waals surface area contributed by atoms with Crippen molar-refractivity contribution in [3.05, 3.63) is 48.4 Å². The smallest absolute Gasteiger partial charge is 0.127 e. The summed E-state index contributed by atoms with van der Waals surface area (Å²) in [7, 11) is 0. The Morgan fingerprint density at radius 3 is 3.17 bits per heavy atom. The first-order valence-electron chi connectivity index (χ1n) is 5.66. The lowest BCUT2D eigenvalue weighted by atomic mass is 10.1. The van der Waals surface area contributed by atoms with Gasteiger partial charge in [-0.25, -0.2) is 9.97 Å². The van der Waals surface area contributed by atoms with Crippen molar-refractivity contribution < 1.29 is 0 Å². The van der Waals surface area contributed by atoms with Crippen LogP contribution in [0.1, 0.15) is 0 Å². The average molecular weight is 251 g/mol. The molecule has 0 aliphatic heterocycles. The summed E-state index contributed by atoms with van der Waals surface area (Å²) < 4.78 is 0. The molecule has 1 N–H and O–H groups in total. The van der Waals surface area contributed by atoms with Gasteiger partial charge in [0.25, 0.3) is 0 Å². The van der Waals surface area contributed by atoms with Gasteiger partial charge in [0.2, 0.25) is 0 Å². The van der Waals surface area contributed by atoms with Crippen LogP contribution in [0.25, 0.3) is 32.2 Å². The van der Waals surface area contributed by atoms with Gasteiger partial charge in [-0.2, -0.15) is 0 Å². The maximum atomic E-state index is 4.28. The first kappa shape index (κ1) is 9.79. The molecule has 0 saturated carbocycles. The first-order valence-corrected chi connectivity index (χ1v) is 6.54. The second-order valence-electron chi connectivity index (χ2n) is 4.17. The number of aromatic amines is 1. The summed E-state index contributed by atoms with van der Waals surface area (Å²) in [5.74, 6) is 0. The second-order valence-corrected chi connectivity index (χ2v) is 5.03. The average Bonchev–Trinajstić information content (AvgIpc) is 3.04. The van der Waals surface area contributed by atoms with Crippen LogP contribution >= 0.6 is 11.3 Å². The van der Waals surface area contributed by atoms with Gasteiger partial charge in [0.05, 0.1) is 0 Å². The van der Waals surface area contributed by atoms with Crippen molar-refractivity contribution in [1.82, 2.24) is 15.0 Å². The van der Waals surface area contributed by atoms with E-state index < -0.39 is 0 Å². The van der Waals surface area contributed by atoms with Crippen LogP contribution in [0.15, 0.2) is 48.4 Å². The monoisotopic (exact) mass is 251 g/mol. The van der Waals surface area contributed by atoms with Crippen molar-refractivity contribution in [2.24, 2.45) is 0 Å². The predicted molar refractivity (Wildman–Crippen MR) is 74.7 cm³/mol. The maximum absolute atomic E-state index is 4.28. The van der Waals surface area contributed by atoms with Gasteiger partial charge < -0.3 is 4.98 Å². The van der Waals surface area contributed by atoms with Gasteiger partial charge in [-0.15, -0.1) is 11.3 Å². The van der Waals surface area contributed by atoms with Crippen molar-refractivity contribution >= 4 is 32.5 Å². The van der Waals surface area contributed by atoms with Crippen LogP contribution in [-0.4, -0.2) is 15.0 Å². The van der Waals surface area contributed by atoms with Crippen LogP contribution in [0.3, 0.4) is 0 Å². The van der Waals surface area contributed by atoms with Gasteiger partial charge in [0.15, 0.2) is 0 Å². The van der Waals surface area contributed by atoms with Gasteiger partial charge in [-0.05, 0) is 23.1 Å². The molecule has 0 aliphatic rings. The Balaban J connectivity index is 2.00. The zero-order valence-electron chi connectivity index (χ0n) is 9.42. The van der Waals surface area contributed by atoms with E-state index in [0.29, 0.717) is 0 Å². The molecule has 0 radical (unpaired) electrons. The summed E-state index contributed by atoms with van der Waals surface area (Å²) in [6, 6.07) is 8.52. The molecular formula is C14H9N3S.